The Morgan fingerprint density at radius 3 is 2.81 bits per heavy atom. The Labute approximate surface area is 140 Å². The number of methoxy groups -OCH3 is 1. The highest BCUT2D eigenvalue weighted by Crippen LogP contribution is 2.30. The van der Waals surface area contributed by atoms with Gasteiger partial charge in [0, 0.05) is 21.5 Å². The lowest BCUT2D eigenvalue weighted by molar-refractivity contribution is 0.406. The zero-order valence-corrected chi connectivity index (χ0v) is 15.0. The minimum atomic E-state index is 0.278. The number of benzene rings is 1. The minimum absolute atomic E-state index is 0.278. The molecule has 1 fully saturated rings. The maximum absolute atomic E-state index is 5.75. The smallest absolute Gasteiger partial charge is 0.122 e. The summed E-state index contributed by atoms with van der Waals surface area (Å²) in [7, 11) is 1.72. The van der Waals surface area contributed by atoms with Gasteiger partial charge in [-0.1, -0.05) is 35.2 Å². The van der Waals surface area contributed by atoms with Crippen LogP contribution in [-0.4, -0.2) is 24.2 Å². The first-order chi connectivity index (χ1) is 10.2. The standard InChI is InChI=1S/C16H25BrN2OS/c1-20-16-8-7-13(17)9-12(16)10-14(19-18)11-21-15-5-3-2-4-6-15/h7-9,14-15,19H,2-6,10-11,18H2,1H3. The average molecular weight is 373 g/mol. The van der Waals surface area contributed by atoms with Gasteiger partial charge in [0.25, 0.3) is 0 Å². The molecule has 118 valence electrons. The quantitative estimate of drug-likeness (QED) is 0.562. The molecule has 2 rings (SSSR count). The zero-order chi connectivity index (χ0) is 15.1. The van der Waals surface area contributed by atoms with E-state index in [0.717, 1.165) is 27.6 Å². The second-order valence-corrected chi connectivity index (χ2v) is 7.87. The first-order valence-corrected chi connectivity index (χ1v) is 9.47. The summed E-state index contributed by atoms with van der Waals surface area (Å²) in [4.78, 5) is 0. The molecule has 1 aromatic carbocycles. The fourth-order valence-electron chi connectivity index (χ4n) is 2.82. The maximum atomic E-state index is 5.75. The predicted molar refractivity (Wildman–Crippen MR) is 94.8 cm³/mol. The highest BCUT2D eigenvalue weighted by molar-refractivity contribution is 9.10. The summed E-state index contributed by atoms with van der Waals surface area (Å²) in [5.41, 5.74) is 4.16. The van der Waals surface area contributed by atoms with Gasteiger partial charge in [-0.05, 0) is 43.0 Å². The van der Waals surface area contributed by atoms with Gasteiger partial charge >= 0.3 is 0 Å². The number of halogens is 1. The summed E-state index contributed by atoms with van der Waals surface area (Å²) in [6, 6.07) is 6.40. The number of nitrogens with one attached hydrogen (secondary N) is 1. The molecule has 1 aliphatic carbocycles. The molecule has 0 saturated heterocycles. The lowest BCUT2D eigenvalue weighted by Crippen LogP contribution is -2.39. The van der Waals surface area contributed by atoms with Crippen molar-refractivity contribution < 1.29 is 4.74 Å². The van der Waals surface area contributed by atoms with E-state index in [2.05, 4.69) is 39.2 Å². The van der Waals surface area contributed by atoms with Crippen molar-refractivity contribution in [1.29, 1.82) is 0 Å². The normalized spacial score (nSPS) is 17.7. The van der Waals surface area contributed by atoms with Crippen molar-refractivity contribution in [2.24, 2.45) is 5.84 Å². The van der Waals surface area contributed by atoms with Crippen LogP contribution in [0.25, 0.3) is 0 Å². The van der Waals surface area contributed by atoms with E-state index in [-0.39, 0.29) is 6.04 Å². The van der Waals surface area contributed by atoms with Gasteiger partial charge in [-0.3, -0.25) is 11.3 Å². The fraction of sp³-hybridized carbons (Fsp3) is 0.625. The first-order valence-electron chi connectivity index (χ1n) is 7.63. The molecule has 0 aliphatic heterocycles. The van der Waals surface area contributed by atoms with Crippen LogP contribution in [0.5, 0.6) is 5.75 Å². The number of nitrogens with two attached hydrogens (primary N) is 1. The highest BCUT2D eigenvalue weighted by atomic mass is 79.9. The van der Waals surface area contributed by atoms with E-state index >= 15 is 0 Å². The van der Waals surface area contributed by atoms with Gasteiger partial charge in [0.05, 0.1) is 7.11 Å². The minimum Gasteiger partial charge on any atom is -0.496 e. The first kappa shape index (κ1) is 17.1. The van der Waals surface area contributed by atoms with Crippen LogP contribution in [0.2, 0.25) is 0 Å². The zero-order valence-electron chi connectivity index (χ0n) is 12.6. The van der Waals surface area contributed by atoms with Crippen LogP contribution in [0.3, 0.4) is 0 Å². The van der Waals surface area contributed by atoms with Crippen LogP contribution >= 0.6 is 27.7 Å². The van der Waals surface area contributed by atoms with Gasteiger partial charge in [-0.2, -0.15) is 11.8 Å². The van der Waals surface area contributed by atoms with Gasteiger partial charge in [-0.15, -0.1) is 0 Å². The monoisotopic (exact) mass is 372 g/mol. The van der Waals surface area contributed by atoms with Crippen LogP contribution in [0, 0.1) is 0 Å². The predicted octanol–water partition coefficient (Wildman–Crippen LogP) is 3.90. The second-order valence-electron chi connectivity index (χ2n) is 5.62. The Morgan fingerprint density at radius 1 is 1.38 bits per heavy atom. The van der Waals surface area contributed by atoms with E-state index in [9.17, 15) is 0 Å². The molecule has 1 aromatic rings. The third-order valence-corrected chi connectivity index (χ3v) is 6.06. The molecule has 0 bridgehead atoms. The number of hydrogen-bond acceptors (Lipinski definition) is 4. The number of thioether (sulfide) groups is 1. The van der Waals surface area contributed by atoms with Gasteiger partial charge in [0.2, 0.25) is 0 Å². The topological polar surface area (TPSA) is 47.3 Å². The Bertz CT molecular complexity index is 438. The number of rotatable bonds is 7. The largest absolute Gasteiger partial charge is 0.496 e. The maximum Gasteiger partial charge on any atom is 0.122 e. The molecular weight excluding hydrogens is 348 g/mol. The molecule has 0 spiro atoms. The van der Waals surface area contributed by atoms with E-state index in [1.807, 2.05) is 12.1 Å². The lowest BCUT2D eigenvalue weighted by atomic mass is 10.0. The molecule has 0 amide bonds. The molecule has 0 aromatic heterocycles. The Kier molecular flexibility index (Phi) is 7.37. The molecule has 0 radical (unpaired) electrons. The highest BCUT2D eigenvalue weighted by Gasteiger charge is 2.17. The Hall–Kier alpha value is -0.230. The summed E-state index contributed by atoms with van der Waals surface area (Å²) in [5.74, 6) is 7.73. The van der Waals surface area contributed by atoms with E-state index in [1.54, 1.807) is 7.11 Å². The number of hydrazine groups is 1. The summed E-state index contributed by atoms with van der Waals surface area (Å²) < 4.78 is 6.52. The SMILES string of the molecule is COc1ccc(Br)cc1CC(CSC1CCCCC1)NN. The van der Waals surface area contributed by atoms with Crippen LogP contribution in [0.1, 0.15) is 37.7 Å². The molecule has 3 N–H and O–H groups in total. The fourth-order valence-corrected chi connectivity index (χ4v) is 4.62. The number of ether oxygens (including phenoxy) is 1. The van der Waals surface area contributed by atoms with Crippen molar-refractivity contribution in [3.8, 4) is 5.75 Å². The molecule has 5 heteroatoms. The van der Waals surface area contributed by atoms with Gasteiger partial charge in [0.1, 0.15) is 5.75 Å². The van der Waals surface area contributed by atoms with Gasteiger partial charge in [0.15, 0.2) is 0 Å². The Morgan fingerprint density at radius 2 is 2.14 bits per heavy atom. The second kappa shape index (κ2) is 9.03. The molecule has 1 atom stereocenters. The molecule has 1 saturated carbocycles. The molecule has 1 unspecified atom stereocenters. The summed E-state index contributed by atoms with van der Waals surface area (Å²) >= 11 is 5.60. The van der Waals surface area contributed by atoms with Crippen molar-refractivity contribution in [1.82, 2.24) is 5.43 Å². The van der Waals surface area contributed by atoms with Crippen LogP contribution in [0.4, 0.5) is 0 Å². The third kappa shape index (κ3) is 5.47. The molecule has 21 heavy (non-hydrogen) atoms. The third-order valence-electron chi connectivity index (χ3n) is 4.03. The van der Waals surface area contributed by atoms with Crippen LogP contribution < -0.4 is 16.0 Å². The van der Waals surface area contributed by atoms with E-state index < -0.39 is 0 Å². The van der Waals surface area contributed by atoms with E-state index in [4.69, 9.17) is 10.6 Å². The molecule has 1 aliphatic rings. The van der Waals surface area contributed by atoms with Crippen molar-refractivity contribution in [3.63, 3.8) is 0 Å². The van der Waals surface area contributed by atoms with Crippen molar-refractivity contribution in [3.05, 3.63) is 28.2 Å². The van der Waals surface area contributed by atoms with Crippen LogP contribution in [-0.2, 0) is 6.42 Å². The van der Waals surface area contributed by atoms with E-state index in [0.29, 0.717) is 0 Å². The van der Waals surface area contributed by atoms with E-state index in [1.165, 1.54) is 37.7 Å². The summed E-state index contributed by atoms with van der Waals surface area (Å²) in [6.45, 7) is 0. The lowest BCUT2D eigenvalue weighted by Gasteiger charge is -2.24. The van der Waals surface area contributed by atoms with Crippen molar-refractivity contribution in [2.45, 2.75) is 49.8 Å². The molecule has 0 heterocycles. The molecular formula is C16H25BrN2OS. The number of hydrogen-bond donors (Lipinski definition) is 2. The van der Waals surface area contributed by atoms with Gasteiger partial charge in [-0.25, -0.2) is 0 Å². The van der Waals surface area contributed by atoms with Crippen molar-refractivity contribution >= 4 is 27.7 Å². The van der Waals surface area contributed by atoms with Gasteiger partial charge < -0.3 is 4.74 Å². The average Bonchev–Trinajstić information content (AvgIpc) is 2.52. The summed E-state index contributed by atoms with van der Waals surface area (Å²) in [6.07, 6.45) is 7.80. The van der Waals surface area contributed by atoms with Crippen molar-refractivity contribution in [2.75, 3.05) is 12.9 Å². The Balaban J connectivity index is 1.90. The summed E-state index contributed by atoms with van der Waals surface area (Å²) in [5, 5.41) is 0.819. The van der Waals surface area contributed by atoms with Crippen LogP contribution in [0.15, 0.2) is 22.7 Å². The molecule has 3 nitrogen and oxygen atoms in total.